The Kier molecular flexibility index (Phi) is 0.968. The van der Waals surface area contributed by atoms with Crippen LogP contribution in [0, 0.1) is 0 Å². The summed E-state index contributed by atoms with van der Waals surface area (Å²) in [7, 11) is 0. The van der Waals surface area contributed by atoms with Gasteiger partial charge in [0.1, 0.15) is 0 Å². The highest BCUT2D eigenvalue weighted by Gasteiger charge is 2.44. The highest BCUT2D eigenvalue weighted by atomic mass is 15.2. The van der Waals surface area contributed by atoms with Crippen LogP contribution in [0.2, 0.25) is 0 Å². The van der Waals surface area contributed by atoms with Gasteiger partial charge in [0, 0.05) is 24.2 Å². The zero-order valence-electron chi connectivity index (χ0n) is 6.14. The van der Waals surface area contributed by atoms with Crippen LogP contribution >= 0.6 is 0 Å². The topological polar surface area (TPSA) is 24.1 Å². The van der Waals surface area contributed by atoms with Crippen LogP contribution in [-0.4, -0.2) is 24.2 Å². The number of piperazine rings is 1. The zero-order valence-corrected chi connectivity index (χ0v) is 6.14. The first-order chi connectivity index (χ1) is 4.93. The summed E-state index contributed by atoms with van der Waals surface area (Å²) in [5.41, 5.74) is 0. The molecule has 0 aliphatic carbocycles. The summed E-state index contributed by atoms with van der Waals surface area (Å²) in [5, 5.41) is 7.38. The van der Waals surface area contributed by atoms with E-state index in [1.807, 2.05) is 0 Å². The molecule has 4 bridgehead atoms. The molecule has 3 heterocycles. The zero-order chi connectivity index (χ0) is 6.55. The molecule has 2 N–H and O–H groups in total. The minimum Gasteiger partial charge on any atom is -0.308 e. The first-order valence-electron chi connectivity index (χ1n) is 4.45. The molecule has 3 aliphatic rings. The summed E-state index contributed by atoms with van der Waals surface area (Å²) in [6.07, 6.45) is 5.66. The molecule has 0 aromatic rings. The molecule has 3 fully saturated rings. The van der Waals surface area contributed by atoms with Gasteiger partial charge in [-0.3, -0.25) is 0 Å². The molecule has 56 valence electrons. The number of nitrogens with one attached hydrogen (secondary N) is 2. The van der Waals surface area contributed by atoms with E-state index in [1.165, 1.54) is 25.7 Å². The maximum atomic E-state index is 3.69. The lowest BCUT2D eigenvalue weighted by molar-refractivity contribution is 0.332. The number of hydrogen-bond acceptors (Lipinski definition) is 2. The third kappa shape index (κ3) is 0.565. The minimum atomic E-state index is 0.823. The Hall–Kier alpha value is -0.0800. The molecule has 10 heavy (non-hydrogen) atoms. The van der Waals surface area contributed by atoms with Crippen molar-refractivity contribution >= 4 is 0 Å². The van der Waals surface area contributed by atoms with Crippen molar-refractivity contribution in [3.63, 3.8) is 0 Å². The van der Waals surface area contributed by atoms with E-state index >= 15 is 0 Å². The number of rotatable bonds is 0. The normalized spacial score (nSPS) is 57.6. The lowest BCUT2D eigenvalue weighted by atomic mass is 10.0. The Morgan fingerprint density at radius 3 is 1.20 bits per heavy atom. The van der Waals surface area contributed by atoms with Crippen molar-refractivity contribution in [3.8, 4) is 0 Å². The SMILES string of the molecule is C1CC2NC1C1CCC2N1. The van der Waals surface area contributed by atoms with Crippen molar-refractivity contribution in [2.75, 3.05) is 0 Å². The molecule has 0 aromatic heterocycles. The van der Waals surface area contributed by atoms with E-state index in [0.29, 0.717) is 0 Å². The van der Waals surface area contributed by atoms with Gasteiger partial charge in [0.25, 0.3) is 0 Å². The molecular formula is C8H14N2. The molecule has 4 atom stereocenters. The lowest BCUT2D eigenvalue weighted by Crippen LogP contribution is -2.56. The van der Waals surface area contributed by atoms with Gasteiger partial charge in [0.2, 0.25) is 0 Å². The predicted octanol–water partition coefficient (Wildman–Crippen LogP) is 0.241. The monoisotopic (exact) mass is 138 g/mol. The molecule has 0 saturated carbocycles. The summed E-state index contributed by atoms with van der Waals surface area (Å²) in [6.45, 7) is 0. The largest absolute Gasteiger partial charge is 0.308 e. The average Bonchev–Trinajstić information content (AvgIpc) is 2.41. The Labute approximate surface area is 61.4 Å². The fourth-order valence-corrected chi connectivity index (χ4v) is 2.87. The maximum Gasteiger partial charge on any atom is 0.0225 e. The Bertz CT molecular complexity index is 123. The predicted molar refractivity (Wildman–Crippen MR) is 39.9 cm³/mol. The summed E-state index contributed by atoms with van der Waals surface area (Å²) in [5.74, 6) is 0. The van der Waals surface area contributed by atoms with Crippen molar-refractivity contribution < 1.29 is 0 Å². The highest BCUT2D eigenvalue weighted by Crippen LogP contribution is 2.32. The van der Waals surface area contributed by atoms with Crippen LogP contribution in [0.3, 0.4) is 0 Å². The van der Waals surface area contributed by atoms with Crippen molar-refractivity contribution in [1.82, 2.24) is 10.6 Å². The smallest absolute Gasteiger partial charge is 0.0225 e. The van der Waals surface area contributed by atoms with E-state index < -0.39 is 0 Å². The second-order valence-electron chi connectivity index (χ2n) is 3.91. The van der Waals surface area contributed by atoms with Crippen LogP contribution in [0.15, 0.2) is 0 Å². The van der Waals surface area contributed by atoms with Crippen molar-refractivity contribution in [1.29, 1.82) is 0 Å². The van der Waals surface area contributed by atoms with E-state index in [2.05, 4.69) is 10.6 Å². The Morgan fingerprint density at radius 2 is 0.900 bits per heavy atom. The molecule has 3 rings (SSSR count). The van der Waals surface area contributed by atoms with Crippen LogP contribution in [0.1, 0.15) is 25.7 Å². The van der Waals surface area contributed by atoms with Gasteiger partial charge in [-0.05, 0) is 25.7 Å². The van der Waals surface area contributed by atoms with Gasteiger partial charge >= 0.3 is 0 Å². The molecule has 0 amide bonds. The van der Waals surface area contributed by atoms with Gasteiger partial charge in [-0.25, -0.2) is 0 Å². The molecular weight excluding hydrogens is 124 g/mol. The summed E-state index contributed by atoms with van der Waals surface area (Å²) in [4.78, 5) is 0. The van der Waals surface area contributed by atoms with E-state index in [-0.39, 0.29) is 0 Å². The minimum absolute atomic E-state index is 0.823. The van der Waals surface area contributed by atoms with E-state index in [9.17, 15) is 0 Å². The van der Waals surface area contributed by atoms with Gasteiger partial charge in [-0.15, -0.1) is 0 Å². The van der Waals surface area contributed by atoms with Crippen molar-refractivity contribution in [2.45, 2.75) is 49.9 Å². The Morgan fingerprint density at radius 1 is 0.600 bits per heavy atom. The molecule has 3 saturated heterocycles. The molecule has 2 heteroatoms. The summed E-state index contributed by atoms with van der Waals surface area (Å²) >= 11 is 0. The second kappa shape index (κ2) is 1.74. The quantitative estimate of drug-likeness (QED) is 0.501. The van der Waals surface area contributed by atoms with Gasteiger partial charge in [0.05, 0.1) is 0 Å². The third-order valence-electron chi connectivity index (χ3n) is 3.41. The van der Waals surface area contributed by atoms with Crippen LogP contribution in [0.5, 0.6) is 0 Å². The van der Waals surface area contributed by atoms with Gasteiger partial charge in [-0.1, -0.05) is 0 Å². The number of hydrogen-bond donors (Lipinski definition) is 2. The van der Waals surface area contributed by atoms with E-state index in [1.54, 1.807) is 0 Å². The first-order valence-corrected chi connectivity index (χ1v) is 4.45. The van der Waals surface area contributed by atoms with Crippen LogP contribution in [0.25, 0.3) is 0 Å². The average molecular weight is 138 g/mol. The number of fused-ring (bicyclic) bond motifs is 6. The molecule has 4 unspecified atom stereocenters. The summed E-state index contributed by atoms with van der Waals surface area (Å²) < 4.78 is 0. The van der Waals surface area contributed by atoms with Gasteiger partial charge < -0.3 is 10.6 Å². The fourth-order valence-electron chi connectivity index (χ4n) is 2.87. The second-order valence-corrected chi connectivity index (χ2v) is 3.91. The van der Waals surface area contributed by atoms with E-state index in [4.69, 9.17) is 0 Å². The molecule has 3 aliphatic heterocycles. The third-order valence-corrected chi connectivity index (χ3v) is 3.41. The maximum absolute atomic E-state index is 3.69. The molecule has 0 radical (unpaired) electrons. The molecule has 0 aromatic carbocycles. The van der Waals surface area contributed by atoms with Crippen LogP contribution < -0.4 is 10.6 Å². The lowest BCUT2D eigenvalue weighted by Gasteiger charge is -2.29. The first kappa shape index (κ1) is 5.56. The van der Waals surface area contributed by atoms with E-state index in [0.717, 1.165) is 24.2 Å². The standard InChI is InChI=1S/C8H14N2/c1-2-6-8-4-3-7(10-8)5(1)9-6/h5-10H,1-4H2. The van der Waals surface area contributed by atoms with Gasteiger partial charge in [0.15, 0.2) is 0 Å². The van der Waals surface area contributed by atoms with Crippen molar-refractivity contribution in [3.05, 3.63) is 0 Å². The van der Waals surface area contributed by atoms with Crippen LogP contribution in [0.4, 0.5) is 0 Å². The van der Waals surface area contributed by atoms with Gasteiger partial charge in [-0.2, -0.15) is 0 Å². The summed E-state index contributed by atoms with van der Waals surface area (Å²) in [6, 6.07) is 3.29. The fraction of sp³-hybridized carbons (Fsp3) is 1.00. The van der Waals surface area contributed by atoms with Crippen molar-refractivity contribution in [2.24, 2.45) is 0 Å². The van der Waals surface area contributed by atoms with Crippen LogP contribution in [-0.2, 0) is 0 Å². The Balaban J connectivity index is 1.94. The molecule has 0 spiro atoms. The molecule has 2 nitrogen and oxygen atoms in total. The highest BCUT2D eigenvalue weighted by molar-refractivity contribution is 5.07.